The molecule has 0 aromatic heterocycles. The first-order valence-corrected chi connectivity index (χ1v) is 5.73. The Hall–Kier alpha value is -0.600. The number of hydrogen-bond acceptors (Lipinski definition) is 4. The molecule has 4 nitrogen and oxygen atoms in total. The van der Waals surface area contributed by atoms with E-state index in [-0.39, 0.29) is 17.4 Å². The van der Waals surface area contributed by atoms with Gasteiger partial charge in [-0.05, 0) is 0 Å². The third-order valence-corrected chi connectivity index (χ3v) is 4.63. The lowest BCUT2D eigenvalue weighted by Crippen LogP contribution is -2.27. The van der Waals surface area contributed by atoms with E-state index in [1.54, 1.807) is 0 Å². The summed E-state index contributed by atoms with van der Waals surface area (Å²) in [7, 11) is -2.94. The van der Waals surface area contributed by atoms with E-state index in [2.05, 4.69) is 11.4 Å². The summed E-state index contributed by atoms with van der Waals surface area (Å²) in [6.45, 7) is 1.21. The first-order chi connectivity index (χ1) is 5.58. The first-order valence-electron chi connectivity index (χ1n) is 3.90. The Labute approximate surface area is 71.5 Å². The molecule has 66 valence electrons. The highest BCUT2D eigenvalue weighted by atomic mass is 32.2. The van der Waals surface area contributed by atoms with Crippen molar-refractivity contribution in [3.05, 3.63) is 0 Å². The van der Waals surface area contributed by atoms with E-state index in [0.717, 1.165) is 0 Å². The fourth-order valence-electron chi connectivity index (χ4n) is 2.12. The van der Waals surface area contributed by atoms with Crippen molar-refractivity contribution in [1.82, 2.24) is 5.32 Å². The van der Waals surface area contributed by atoms with Crippen LogP contribution < -0.4 is 5.32 Å². The van der Waals surface area contributed by atoms with Crippen LogP contribution in [0.25, 0.3) is 0 Å². The van der Waals surface area contributed by atoms with Crippen LogP contribution in [0.3, 0.4) is 0 Å². The van der Waals surface area contributed by atoms with Crippen molar-refractivity contribution < 1.29 is 8.42 Å². The Morgan fingerprint density at radius 1 is 1.58 bits per heavy atom. The Bertz CT molecular complexity index is 343. The minimum atomic E-state index is -2.94. The smallest absolute Gasteiger partial charge is 0.152 e. The van der Waals surface area contributed by atoms with Gasteiger partial charge < -0.3 is 5.32 Å². The van der Waals surface area contributed by atoms with Gasteiger partial charge in [-0.1, -0.05) is 0 Å². The molecule has 1 N–H and O–H groups in total. The van der Waals surface area contributed by atoms with E-state index >= 15 is 0 Å². The molecule has 0 unspecified atom stereocenters. The highest BCUT2D eigenvalue weighted by molar-refractivity contribution is 7.91. The summed E-state index contributed by atoms with van der Waals surface area (Å²) in [6, 6.07) is 2.15. The quantitative estimate of drug-likeness (QED) is 0.534. The second-order valence-electron chi connectivity index (χ2n) is 3.65. The van der Waals surface area contributed by atoms with Crippen LogP contribution >= 0.6 is 0 Å². The minimum Gasteiger partial charge on any atom is -0.315 e. The van der Waals surface area contributed by atoms with Gasteiger partial charge in [0.15, 0.2) is 9.84 Å². The van der Waals surface area contributed by atoms with E-state index in [4.69, 9.17) is 5.26 Å². The van der Waals surface area contributed by atoms with Gasteiger partial charge in [0.05, 0.1) is 23.0 Å². The van der Waals surface area contributed by atoms with Crippen molar-refractivity contribution >= 4 is 9.84 Å². The number of nitriles is 1. The first kappa shape index (κ1) is 8.02. The maximum Gasteiger partial charge on any atom is 0.152 e. The van der Waals surface area contributed by atoms with Gasteiger partial charge in [0.25, 0.3) is 0 Å². The predicted octanol–water partition coefficient (Wildman–Crippen LogP) is -0.856. The Kier molecular flexibility index (Phi) is 1.48. The molecular formula is C7H10N2O2S. The lowest BCUT2D eigenvalue weighted by Gasteiger charge is -2.15. The second-order valence-corrected chi connectivity index (χ2v) is 5.76. The van der Waals surface area contributed by atoms with Crippen molar-refractivity contribution in [1.29, 1.82) is 5.26 Å². The minimum absolute atomic E-state index is 0.0208. The van der Waals surface area contributed by atoms with Crippen molar-refractivity contribution in [3.8, 4) is 6.07 Å². The van der Waals surface area contributed by atoms with Crippen LogP contribution in [-0.2, 0) is 9.84 Å². The normalized spacial score (nSPS) is 43.8. The number of hydrogen-bond donors (Lipinski definition) is 1. The molecule has 2 heterocycles. The average Bonchev–Trinajstić information content (AvgIpc) is 2.40. The largest absolute Gasteiger partial charge is 0.315 e. The summed E-state index contributed by atoms with van der Waals surface area (Å²) >= 11 is 0. The van der Waals surface area contributed by atoms with Gasteiger partial charge in [-0.2, -0.15) is 5.26 Å². The summed E-state index contributed by atoms with van der Waals surface area (Å²) in [5.41, 5.74) is -0.612. The van der Waals surface area contributed by atoms with E-state index in [1.165, 1.54) is 0 Å². The zero-order valence-electron chi connectivity index (χ0n) is 6.58. The van der Waals surface area contributed by atoms with E-state index < -0.39 is 15.3 Å². The van der Waals surface area contributed by atoms with Crippen LogP contribution in [0.4, 0.5) is 0 Å². The summed E-state index contributed by atoms with van der Waals surface area (Å²) in [5, 5.41) is 12.0. The third-order valence-electron chi connectivity index (χ3n) is 2.77. The van der Waals surface area contributed by atoms with Gasteiger partial charge in [-0.15, -0.1) is 0 Å². The molecule has 2 fully saturated rings. The average molecular weight is 186 g/mol. The van der Waals surface area contributed by atoms with Gasteiger partial charge in [0, 0.05) is 19.0 Å². The molecule has 0 aromatic rings. The molecule has 2 rings (SSSR count). The predicted molar refractivity (Wildman–Crippen MR) is 43.1 cm³/mol. The van der Waals surface area contributed by atoms with Crippen LogP contribution in [0.2, 0.25) is 0 Å². The molecule has 0 radical (unpaired) electrons. The van der Waals surface area contributed by atoms with Crippen molar-refractivity contribution in [2.45, 2.75) is 0 Å². The van der Waals surface area contributed by atoms with Gasteiger partial charge in [0.2, 0.25) is 0 Å². The number of nitrogens with zero attached hydrogens (tertiary/aromatic N) is 1. The van der Waals surface area contributed by atoms with Crippen LogP contribution in [0.15, 0.2) is 0 Å². The molecule has 0 bridgehead atoms. The molecule has 0 spiro atoms. The highest BCUT2D eigenvalue weighted by Crippen LogP contribution is 2.39. The van der Waals surface area contributed by atoms with Crippen molar-refractivity contribution in [2.75, 3.05) is 24.6 Å². The van der Waals surface area contributed by atoms with Gasteiger partial charge in [0.1, 0.15) is 0 Å². The van der Waals surface area contributed by atoms with Gasteiger partial charge in [-0.25, -0.2) is 8.42 Å². The summed E-state index contributed by atoms with van der Waals surface area (Å²) < 4.78 is 22.5. The Morgan fingerprint density at radius 3 is 2.92 bits per heavy atom. The van der Waals surface area contributed by atoms with Crippen LogP contribution in [0.1, 0.15) is 0 Å². The third kappa shape index (κ3) is 0.952. The maximum absolute atomic E-state index is 11.2. The lowest BCUT2D eigenvalue weighted by molar-refractivity contribution is 0.410. The monoisotopic (exact) mass is 186 g/mol. The Morgan fingerprint density at radius 2 is 2.33 bits per heavy atom. The fourth-order valence-corrected chi connectivity index (χ4v) is 4.47. The van der Waals surface area contributed by atoms with Gasteiger partial charge >= 0.3 is 0 Å². The molecule has 2 aliphatic heterocycles. The molecule has 2 atom stereocenters. The SMILES string of the molecule is N#C[C@]12CNC[C@H]1CS(=O)(=O)C2. The van der Waals surface area contributed by atoms with E-state index in [1.807, 2.05) is 0 Å². The molecule has 0 aliphatic carbocycles. The number of sulfone groups is 1. The molecule has 0 saturated carbocycles. The topological polar surface area (TPSA) is 70.0 Å². The molecular weight excluding hydrogens is 176 g/mol. The number of fused-ring (bicyclic) bond motifs is 1. The zero-order valence-corrected chi connectivity index (χ0v) is 7.39. The fraction of sp³-hybridized carbons (Fsp3) is 0.857. The lowest BCUT2D eigenvalue weighted by atomic mass is 9.83. The maximum atomic E-state index is 11.2. The summed E-state index contributed by atoms with van der Waals surface area (Å²) in [4.78, 5) is 0. The molecule has 0 amide bonds. The van der Waals surface area contributed by atoms with Crippen LogP contribution in [0, 0.1) is 22.7 Å². The van der Waals surface area contributed by atoms with E-state index in [0.29, 0.717) is 13.1 Å². The molecule has 12 heavy (non-hydrogen) atoms. The molecule has 2 saturated heterocycles. The number of nitrogens with one attached hydrogen (secondary N) is 1. The van der Waals surface area contributed by atoms with Crippen molar-refractivity contribution in [3.63, 3.8) is 0 Å². The van der Waals surface area contributed by atoms with Crippen molar-refractivity contribution in [2.24, 2.45) is 11.3 Å². The zero-order chi connectivity index (χ0) is 8.82. The van der Waals surface area contributed by atoms with Gasteiger partial charge in [-0.3, -0.25) is 0 Å². The molecule has 5 heteroatoms. The summed E-state index contributed by atoms with van der Waals surface area (Å²) in [6.07, 6.45) is 0. The Balaban J connectivity index is 2.40. The summed E-state index contributed by atoms with van der Waals surface area (Å²) in [5.74, 6) is 0.259. The van der Waals surface area contributed by atoms with Crippen LogP contribution in [0.5, 0.6) is 0 Å². The molecule has 0 aromatic carbocycles. The highest BCUT2D eigenvalue weighted by Gasteiger charge is 2.53. The molecule has 2 aliphatic rings. The van der Waals surface area contributed by atoms with Crippen LogP contribution in [-0.4, -0.2) is 33.0 Å². The second kappa shape index (κ2) is 2.21. The number of rotatable bonds is 0. The standard InChI is InChI=1S/C7H10N2O2S/c8-3-7-4-9-1-6(7)2-12(10,11)5-7/h6,9H,1-2,4-5H2/t6-,7+/m0/s1. The van der Waals surface area contributed by atoms with E-state index in [9.17, 15) is 8.42 Å².